The number of hydrogen-bond acceptors (Lipinski definition) is 11. The van der Waals surface area contributed by atoms with E-state index in [1.807, 2.05) is 25.1 Å². The molecule has 1 aromatic heterocycles. The summed E-state index contributed by atoms with van der Waals surface area (Å²) in [6.45, 7) is 7.94. The number of ether oxygens (including phenoxy) is 3. The molecule has 12 heteroatoms. The van der Waals surface area contributed by atoms with Crippen molar-refractivity contribution in [3.8, 4) is 34.4 Å². The van der Waals surface area contributed by atoms with E-state index in [-0.39, 0.29) is 37.6 Å². The lowest BCUT2D eigenvalue weighted by Gasteiger charge is -2.20. The quantitative estimate of drug-likeness (QED) is 0.124. The number of nitrogens with one attached hydrogen (secondary N) is 1. The number of halogens is 1. The molecule has 0 bridgehead atoms. The minimum absolute atomic E-state index is 0.00293. The molecule has 0 saturated carbocycles. The van der Waals surface area contributed by atoms with Crippen molar-refractivity contribution in [1.29, 1.82) is 5.26 Å². The van der Waals surface area contributed by atoms with Crippen molar-refractivity contribution in [3.05, 3.63) is 105 Å². The SMILES string of the molecule is Cc1c(OCCCN2CC[C@@H](O)C2)cccc1-c1cccc2c1CCC2Oc1cc(OCc2cncc(C#N)c2)c(CN[C@H](C)CO)cc1Cl.O=C=O. The number of aromatic nitrogens is 1. The third-order valence-electron chi connectivity index (χ3n) is 9.53. The van der Waals surface area contributed by atoms with Gasteiger partial charge in [-0.25, -0.2) is 0 Å². The molecule has 2 heterocycles. The monoisotopic (exact) mass is 740 g/mol. The summed E-state index contributed by atoms with van der Waals surface area (Å²) in [5.74, 6) is 2.02. The molecule has 4 aromatic rings. The maximum absolute atomic E-state index is 9.80. The Labute approximate surface area is 315 Å². The second kappa shape index (κ2) is 19.3. The first kappa shape index (κ1) is 39.4. The average molecular weight is 741 g/mol. The summed E-state index contributed by atoms with van der Waals surface area (Å²) in [6.07, 6.45) is 6.50. The van der Waals surface area contributed by atoms with Gasteiger partial charge < -0.3 is 34.6 Å². The van der Waals surface area contributed by atoms with Crippen molar-refractivity contribution in [3.63, 3.8) is 0 Å². The lowest BCUT2D eigenvalue weighted by molar-refractivity contribution is -0.191. The maximum Gasteiger partial charge on any atom is 0.373 e. The molecule has 1 fully saturated rings. The fourth-order valence-corrected chi connectivity index (χ4v) is 7.00. The van der Waals surface area contributed by atoms with Crippen molar-refractivity contribution in [1.82, 2.24) is 15.2 Å². The van der Waals surface area contributed by atoms with Crippen molar-refractivity contribution < 1.29 is 34.0 Å². The van der Waals surface area contributed by atoms with Gasteiger partial charge in [0.05, 0.1) is 29.9 Å². The number of benzene rings is 3. The van der Waals surface area contributed by atoms with Crippen LogP contribution in [0.2, 0.25) is 5.02 Å². The van der Waals surface area contributed by atoms with Crippen molar-refractivity contribution in [2.24, 2.45) is 0 Å². The van der Waals surface area contributed by atoms with E-state index in [2.05, 4.69) is 58.5 Å². The van der Waals surface area contributed by atoms with Gasteiger partial charge in [-0.15, -0.1) is 0 Å². The second-order valence-corrected chi connectivity index (χ2v) is 13.7. The first-order chi connectivity index (χ1) is 25.7. The highest BCUT2D eigenvalue weighted by atomic mass is 35.5. The van der Waals surface area contributed by atoms with Crippen molar-refractivity contribution >= 4 is 17.8 Å². The van der Waals surface area contributed by atoms with Gasteiger partial charge in [0.1, 0.15) is 36.0 Å². The lowest BCUT2D eigenvalue weighted by Crippen LogP contribution is -2.28. The molecule has 0 spiro atoms. The molecule has 278 valence electrons. The molecule has 0 amide bonds. The van der Waals surface area contributed by atoms with Gasteiger partial charge in [-0.3, -0.25) is 4.98 Å². The number of fused-ring (bicyclic) bond motifs is 1. The summed E-state index contributed by atoms with van der Waals surface area (Å²) >= 11 is 6.84. The largest absolute Gasteiger partial charge is 0.493 e. The summed E-state index contributed by atoms with van der Waals surface area (Å²) in [4.78, 5) is 22.7. The molecule has 2 aliphatic rings. The molecule has 1 saturated heterocycles. The van der Waals surface area contributed by atoms with Crippen LogP contribution in [-0.4, -0.2) is 71.2 Å². The number of aliphatic hydroxyl groups is 2. The van der Waals surface area contributed by atoms with Gasteiger partial charge in [0, 0.05) is 61.8 Å². The normalized spacial score (nSPS) is 16.8. The van der Waals surface area contributed by atoms with Gasteiger partial charge in [0.25, 0.3) is 0 Å². The molecule has 3 aromatic carbocycles. The van der Waals surface area contributed by atoms with Gasteiger partial charge in [-0.1, -0.05) is 41.9 Å². The van der Waals surface area contributed by atoms with Gasteiger partial charge >= 0.3 is 6.15 Å². The number of hydrogen-bond donors (Lipinski definition) is 3. The summed E-state index contributed by atoms with van der Waals surface area (Å²) in [5.41, 5.74) is 7.92. The Kier molecular flexibility index (Phi) is 14.4. The predicted molar refractivity (Wildman–Crippen MR) is 199 cm³/mol. The fraction of sp³-hybridized carbons (Fsp3) is 0.390. The molecular formula is C41H45ClN4O7. The Hall–Kier alpha value is -4.79. The molecule has 3 N–H and O–H groups in total. The van der Waals surface area contributed by atoms with Crippen LogP contribution in [0.5, 0.6) is 17.2 Å². The van der Waals surface area contributed by atoms with Crippen LogP contribution in [0.25, 0.3) is 11.1 Å². The Morgan fingerprint density at radius 2 is 1.85 bits per heavy atom. The molecule has 1 unspecified atom stereocenters. The van der Waals surface area contributed by atoms with Crippen molar-refractivity contribution in [2.45, 2.75) is 70.9 Å². The van der Waals surface area contributed by atoms with E-state index in [4.69, 9.17) is 35.4 Å². The topological polar surface area (TPSA) is 154 Å². The molecule has 3 atom stereocenters. The zero-order chi connectivity index (χ0) is 37.7. The molecular weight excluding hydrogens is 696 g/mol. The summed E-state index contributed by atoms with van der Waals surface area (Å²) in [7, 11) is 0. The molecule has 1 aliphatic carbocycles. The van der Waals surface area contributed by atoms with Crippen LogP contribution in [0.1, 0.15) is 65.7 Å². The van der Waals surface area contributed by atoms with Crippen LogP contribution < -0.4 is 19.5 Å². The van der Waals surface area contributed by atoms with E-state index in [1.165, 1.54) is 17.3 Å². The smallest absolute Gasteiger partial charge is 0.373 e. The van der Waals surface area contributed by atoms with E-state index >= 15 is 0 Å². The Balaban J connectivity index is 0.00000175. The highest BCUT2D eigenvalue weighted by Gasteiger charge is 2.28. The van der Waals surface area contributed by atoms with Gasteiger partial charge in [0.15, 0.2) is 0 Å². The van der Waals surface area contributed by atoms with Crippen LogP contribution in [0.15, 0.2) is 67.0 Å². The van der Waals surface area contributed by atoms with E-state index in [9.17, 15) is 15.5 Å². The first-order valence-corrected chi connectivity index (χ1v) is 18.2. The van der Waals surface area contributed by atoms with Gasteiger partial charge in [0.2, 0.25) is 0 Å². The average Bonchev–Trinajstić information content (AvgIpc) is 3.79. The number of β-amino-alcohol motifs (C(OH)–C–C–N with tert-alkyl or cyclic N) is 1. The number of likely N-dealkylation sites (tertiary alicyclic amines) is 1. The Morgan fingerprint density at radius 1 is 1.06 bits per heavy atom. The molecule has 0 radical (unpaired) electrons. The molecule has 11 nitrogen and oxygen atoms in total. The van der Waals surface area contributed by atoms with Crippen LogP contribution in [-0.2, 0) is 29.2 Å². The van der Waals surface area contributed by atoms with E-state index in [0.29, 0.717) is 35.2 Å². The van der Waals surface area contributed by atoms with E-state index in [1.54, 1.807) is 12.3 Å². The first-order valence-electron chi connectivity index (χ1n) is 17.8. The maximum atomic E-state index is 9.80. The summed E-state index contributed by atoms with van der Waals surface area (Å²) in [6, 6.07) is 20.1. The zero-order valence-electron chi connectivity index (χ0n) is 30.0. The van der Waals surface area contributed by atoms with Crippen molar-refractivity contribution in [2.75, 3.05) is 32.8 Å². The third kappa shape index (κ3) is 10.4. The third-order valence-corrected chi connectivity index (χ3v) is 9.83. The van der Waals surface area contributed by atoms with E-state index in [0.717, 1.165) is 78.9 Å². The van der Waals surface area contributed by atoms with Gasteiger partial charge in [-0.05, 0) is 85.5 Å². The minimum Gasteiger partial charge on any atom is -0.493 e. The highest BCUT2D eigenvalue weighted by Crippen LogP contribution is 2.44. The highest BCUT2D eigenvalue weighted by molar-refractivity contribution is 6.32. The molecule has 6 rings (SSSR count). The van der Waals surface area contributed by atoms with Crippen LogP contribution in [0.3, 0.4) is 0 Å². The lowest BCUT2D eigenvalue weighted by atomic mass is 9.93. The number of rotatable bonds is 15. The summed E-state index contributed by atoms with van der Waals surface area (Å²) in [5, 5.41) is 32.4. The standard InChI is InChI=1S/C40H45ClN4O5.CO2/c1-26(24-46)44-22-30-17-36(41)40(18-39(30)49-25-29-16-28(19-42)20-43-21-29)50-38-11-10-34-33(7-3-8-35(34)38)32-6-4-9-37(27(32)2)48-15-5-13-45-14-12-31(47)23-45;2-1-3/h3-4,6-9,16-18,20-21,26,31,38,44,46-47H,5,10-15,22-25H2,1-2H3;/t26-,31-,38?;/m1./s1. The minimum atomic E-state index is -0.200. The number of carbonyl (C=O) groups excluding carboxylic acids is 2. The van der Waals surface area contributed by atoms with E-state index < -0.39 is 0 Å². The van der Waals surface area contributed by atoms with Gasteiger partial charge in [-0.2, -0.15) is 14.9 Å². The van der Waals surface area contributed by atoms with Crippen LogP contribution >= 0.6 is 11.6 Å². The number of aliphatic hydroxyl groups excluding tert-OH is 2. The number of pyridine rings is 1. The van der Waals surface area contributed by atoms with Crippen LogP contribution in [0, 0.1) is 18.3 Å². The number of nitriles is 1. The zero-order valence-corrected chi connectivity index (χ0v) is 30.8. The predicted octanol–water partition coefficient (Wildman–Crippen LogP) is 5.95. The Bertz CT molecular complexity index is 1930. The van der Waals surface area contributed by atoms with Crippen LogP contribution in [0.4, 0.5) is 0 Å². The number of nitrogens with zero attached hydrogens (tertiary/aromatic N) is 3. The fourth-order valence-electron chi connectivity index (χ4n) is 6.77. The molecule has 53 heavy (non-hydrogen) atoms. The second-order valence-electron chi connectivity index (χ2n) is 13.3. The summed E-state index contributed by atoms with van der Waals surface area (Å²) < 4.78 is 19.2. The molecule has 1 aliphatic heterocycles. The Morgan fingerprint density at radius 3 is 2.60 bits per heavy atom.